The minimum atomic E-state index is -0.915. The van der Waals surface area contributed by atoms with Gasteiger partial charge in [-0.3, -0.25) is 19.3 Å². The van der Waals surface area contributed by atoms with Crippen LogP contribution in [0.5, 0.6) is 0 Å². The monoisotopic (exact) mass is 805 g/mol. The van der Waals surface area contributed by atoms with Crippen molar-refractivity contribution < 1.29 is 29.0 Å². The highest BCUT2D eigenvalue weighted by molar-refractivity contribution is 6.04. The van der Waals surface area contributed by atoms with Crippen molar-refractivity contribution in [2.75, 3.05) is 57.1 Å². The van der Waals surface area contributed by atoms with Crippen LogP contribution in [0, 0.1) is 5.92 Å². The minimum Gasteiger partial charge on any atom is -0.453 e. The number of carbonyl (C=O) groups excluding carboxylic acids is 4. The molecule has 4 aromatic rings. The van der Waals surface area contributed by atoms with Crippen LogP contribution in [0.3, 0.4) is 0 Å². The minimum absolute atomic E-state index is 0.0208. The van der Waals surface area contributed by atoms with E-state index in [0.29, 0.717) is 56.1 Å². The maximum atomic E-state index is 13.6. The van der Waals surface area contributed by atoms with Gasteiger partial charge in [0, 0.05) is 68.8 Å². The summed E-state index contributed by atoms with van der Waals surface area (Å²) in [4.78, 5) is 72.5. The highest BCUT2D eigenvalue weighted by Crippen LogP contribution is 2.35. The van der Waals surface area contributed by atoms with Crippen molar-refractivity contribution >= 4 is 35.3 Å². The number of benzene rings is 2. The zero-order valence-corrected chi connectivity index (χ0v) is 34.6. The first-order valence-electron chi connectivity index (χ1n) is 20.4. The van der Waals surface area contributed by atoms with Crippen LogP contribution in [0.1, 0.15) is 69.2 Å². The highest BCUT2D eigenvalue weighted by atomic mass is 16.5. The summed E-state index contributed by atoms with van der Waals surface area (Å²) in [6.45, 7) is 10.2. The molecule has 0 unspecified atom stereocenters. The molecule has 15 heteroatoms. The first kappa shape index (κ1) is 41.4. The number of ether oxygens (including phenoxy) is 1. The Balaban J connectivity index is 0.929. The Kier molecular flexibility index (Phi) is 12.1. The summed E-state index contributed by atoms with van der Waals surface area (Å²) >= 11 is 0. The molecule has 3 aliphatic heterocycles. The number of pyridine rings is 1. The molecule has 4 amide bonds. The third kappa shape index (κ3) is 8.39. The molecule has 15 nitrogen and oxygen atoms in total. The van der Waals surface area contributed by atoms with Crippen molar-refractivity contribution in [1.29, 1.82) is 0 Å². The summed E-state index contributed by atoms with van der Waals surface area (Å²) in [5.41, 5.74) is 3.81. The smallest absolute Gasteiger partial charge is 0.410 e. The van der Waals surface area contributed by atoms with Crippen LogP contribution in [0.2, 0.25) is 0 Å². The zero-order chi connectivity index (χ0) is 42.0. The van der Waals surface area contributed by atoms with Crippen LogP contribution in [-0.4, -0.2) is 129 Å². The van der Waals surface area contributed by atoms with E-state index in [0.717, 1.165) is 34.6 Å². The van der Waals surface area contributed by atoms with Crippen LogP contribution in [0.4, 0.5) is 16.3 Å². The summed E-state index contributed by atoms with van der Waals surface area (Å²) < 4.78 is 4.94. The van der Waals surface area contributed by atoms with E-state index in [1.165, 1.54) is 7.11 Å². The third-order valence-electron chi connectivity index (χ3n) is 12.1. The molecule has 59 heavy (non-hydrogen) atoms. The molecule has 3 fully saturated rings. The predicted molar refractivity (Wildman–Crippen MR) is 225 cm³/mol. The van der Waals surface area contributed by atoms with Gasteiger partial charge in [-0.1, -0.05) is 50.2 Å². The maximum absolute atomic E-state index is 13.6. The fourth-order valence-corrected chi connectivity index (χ4v) is 8.78. The first-order valence-corrected chi connectivity index (χ1v) is 20.4. The van der Waals surface area contributed by atoms with Crippen LogP contribution < -0.4 is 15.5 Å². The lowest BCUT2D eigenvalue weighted by Crippen LogP contribution is -2.62. The van der Waals surface area contributed by atoms with Gasteiger partial charge in [-0.15, -0.1) is 0 Å². The van der Waals surface area contributed by atoms with Gasteiger partial charge in [-0.2, -0.15) is 0 Å². The number of aliphatic hydroxyl groups excluding tert-OH is 1. The fraction of sp³-hybridized carbons (Fsp3) is 0.455. The van der Waals surface area contributed by atoms with Crippen molar-refractivity contribution in [3.05, 3.63) is 84.4 Å². The van der Waals surface area contributed by atoms with E-state index in [4.69, 9.17) is 9.72 Å². The SMILES string of the molecule is CN[C@H](C(=O)N1C[C@@H](O)C[C@H]1c1nc(-c2ccc(-c3ccc(NC(=O)c4ccc(N5CCN(C(=O)[C@]6(C)CCCN6C(=O)OC)C[C@H]5C)nc4)cc3)cc2)c[nH]1)C(C)C. The van der Waals surface area contributed by atoms with Crippen LogP contribution in [0.25, 0.3) is 22.4 Å². The molecular formula is C44H55N9O6. The molecule has 7 rings (SSSR count). The Morgan fingerprint density at radius 3 is 2.27 bits per heavy atom. The van der Waals surface area contributed by atoms with Gasteiger partial charge in [-0.25, -0.2) is 14.8 Å². The normalized spacial score (nSPS) is 22.5. The molecular weight excluding hydrogens is 751 g/mol. The summed E-state index contributed by atoms with van der Waals surface area (Å²) in [7, 11) is 3.12. The average molecular weight is 806 g/mol. The molecule has 3 saturated heterocycles. The van der Waals surface area contributed by atoms with Crippen molar-refractivity contribution in [3.63, 3.8) is 0 Å². The number of hydrogen-bond acceptors (Lipinski definition) is 10. The number of piperazine rings is 1. The number of aromatic amines is 1. The van der Waals surface area contributed by atoms with Crippen LogP contribution >= 0.6 is 0 Å². The number of anilines is 2. The van der Waals surface area contributed by atoms with E-state index in [1.54, 1.807) is 29.1 Å². The lowest BCUT2D eigenvalue weighted by atomic mass is 9.96. The second kappa shape index (κ2) is 17.2. The molecule has 0 bridgehead atoms. The molecule has 4 N–H and O–H groups in total. The van der Waals surface area contributed by atoms with Gasteiger partial charge in [0.05, 0.1) is 36.6 Å². The highest BCUT2D eigenvalue weighted by Gasteiger charge is 2.49. The maximum Gasteiger partial charge on any atom is 0.410 e. The standard InChI is InChI=1S/C44H55N9O6/c1-27(2)38(45-5)41(56)52-26-34(54)22-36(52)39-47-24-35(49-39)31-10-8-29(9-11-31)30-12-15-33(16-13-30)48-40(55)32-14-17-37(46-23-32)51-21-20-50(25-28(51)3)42(57)44(4)18-7-19-53(44)43(58)59-6/h8-17,23-24,27-28,34,36,38,45,54H,7,18-22,25-26H2,1-6H3,(H,47,49)(H,48,55)/t28-,34+,36+,38+,44+/m1/s1. The van der Waals surface area contributed by atoms with Gasteiger partial charge >= 0.3 is 6.09 Å². The lowest BCUT2D eigenvalue weighted by Gasteiger charge is -2.44. The number of nitrogens with one attached hydrogen (secondary N) is 3. The Morgan fingerprint density at radius 1 is 0.949 bits per heavy atom. The number of aromatic nitrogens is 3. The summed E-state index contributed by atoms with van der Waals surface area (Å²) in [5, 5.41) is 16.6. The van der Waals surface area contributed by atoms with Gasteiger partial charge in [0.25, 0.3) is 5.91 Å². The fourth-order valence-electron chi connectivity index (χ4n) is 8.78. The van der Waals surface area contributed by atoms with Crippen LogP contribution in [0.15, 0.2) is 73.1 Å². The molecule has 2 aromatic carbocycles. The number of carbonyl (C=O) groups is 4. The molecule has 312 valence electrons. The Bertz CT molecular complexity index is 2140. The average Bonchev–Trinajstić information content (AvgIpc) is 4.00. The molecule has 0 saturated carbocycles. The first-order chi connectivity index (χ1) is 28.3. The van der Waals surface area contributed by atoms with Gasteiger partial charge in [-0.05, 0) is 75.0 Å². The quantitative estimate of drug-likeness (QED) is 0.172. The number of imidazole rings is 1. The Hall–Kier alpha value is -5.80. The molecule has 0 radical (unpaired) electrons. The van der Waals surface area contributed by atoms with Gasteiger partial charge < -0.3 is 40.2 Å². The summed E-state index contributed by atoms with van der Waals surface area (Å²) in [6.07, 6.45) is 4.10. The Labute approximate surface area is 345 Å². The van der Waals surface area contributed by atoms with E-state index in [1.807, 2.05) is 93.4 Å². The Morgan fingerprint density at radius 2 is 1.64 bits per heavy atom. The van der Waals surface area contributed by atoms with Crippen LogP contribution in [-0.2, 0) is 14.3 Å². The topological polar surface area (TPSA) is 176 Å². The molecule has 0 aliphatic carbocycles. The number of β-amino-alcohol motifs (C(OH)–C–C–N with tert-alkyl or cyclic N) is 1. The number of likely N-dealkylation sites (N-methyl/N-ethyl adjacent to an activating group) is 1. The lowest BCUT2D eigenvalue weighted by molar-refractivity contribution is -0.142. The number of nitrogens with zero attached hydrogens (tertiary/aromatic N) is 6. The molecule has 2 aromatic heterocycles. The molecule has 5 atom stereocenters. The van der Waals surface area contributed by atoms with E-state index in [2.05, 4.69) is 25.5 Å². The van der Waals surface area contributed by atoms with E-state index in [-0.39, 0.29) is 48.3 Å². The van der Waals surface area contributed by atoms with E-state index in [9.17, 15) is 24.3 Å². The van der Waals surface area contributed by atoms with Crippen molar-refractivity contribution in [2.24, 2.45) is 5.92 Å². The summed E-state index contributed by atoms with van der Waals surface area (Å²) in [6, 6.07) is 18.6. The number of methoxy groups -OCH3 is 1. The second-order valence-corrected chi connectivity index (χ2v) is 16.4. The van der Waals surface area contributed by atoms with Crippen molar-refractivity contribution in [2.45, 2.75) is 76.7 Å². The van der Waals surface area contributed by atoms with Crippen molar-refractivity contribution in [3.8, 4) is 22.4 Å². The number of likely N-dealkylation sites (tertiary alicyclic amines) is 2. The van der Waals surface area contributed by atoms with Gasteiger partial charge in [0.1, 0.15) is 17.2 Å². The molecule has 0 spiro atoms. The number of amides is 4. The van der Waals surface area contributed by atoms with Gasteiger partial charge in [0.15, 0.2) is 0 Å². The van der Waals surface area contributed by atoms with E-state index < -0.39 is 17.7 Å². The number of H-pyrrole nitrogens is 1. The van der Waals surface area contributed by atoms with E-state index >= 15 is 0 Å². The van der Waals surface area contributed by atoms with Crippen molar-refractivity contribution in [1.82, 2.24) is 35.0 Å². The summed E-state index contributed by atoms with van der Waals surface area (Å²) in [5.74, 6) is 1.11. The number of hydrogen-bond donors (Lipinski definition) is 4. The number of aliphatic hydroxyl groups is 1. The largest absolute Gasteiger partial charge is 0.453 e. The second-order valence-electron chi connectivity index (χ2n) is 16.4. The number of rotatable bonds is 10. The third-order valence-corrected chi connectivity index (χ3v) is 12.1. The molecule has 3 aliphatic rings. The van der Waals surface area contributed by atoms with Gasteiger partial charge in [0.2, 0.25) is 11.8 Å². The predicted octanol–water partition coefficient (Wildman–Crippen LogP) is 4.93. The molecule has 5 heterocycles. The zero-order valence-electron chi connectivity index (χ0n) is 34.6.